The molecule has 0 aliphatic heterocycles. The average molecular weight is 276 g/mol. The molecule has 1 aliphatic carbocycles. The Bertz CT molecular complexity index is 538. The summed E-state index contributed by atoms with van der Waals surface area (Å²) in [5.41, 5.74) is -0.136. The summed E-state index contributed by atoms with van der Waals surface area (Å²) in [4.78, 5) is 0.171. The largest absolute Gasteiger partial charge is 0.394 e. The maximum absolute atomic E-state index is 12.1. The molecule has 0 radical (unpaired) electrons. The van der Waals surface area contributed by atoms with E-state index in [-0.39, 0.29) is 11.5 Å². The molecule has 1 fully saturated rings. The van der Waals surface area contributed by atoms with Gasteiger partial charge in [0.1, 0.15) is 0 Å². The highest BCUT2D eigenvalue weighted by atomic mass is 35.5. The van der Waals surface area contributed by atoms with Crippen molar-refractivity contribution >= 4 is 21.6 Å². The highest BCUT2D eigenvalue weighted by molar-refractivity contribution is 7.89. The van der Waals surface area contributed by atoms with Gasteiger partial charge in [0.15, 0.2) is 0 Å². The lowest BCUT2D eigenvalue weighted by atomic mass is 10.2. The van der Waals surface area contributed by atoms with Gasteiger partial charge in [-0.05, 0) is 37.5 Å². The molecule has 1 aromatic rings. The molecule has 1 aromatic carbocycles. The van der Waals surface area contributed by atoms with Crippen LogP contribution in [0.25, 0.3) is 0 Å². The minimum Gasteiger partial charge on any atom is -0.394 e. The molecule has 0 unspecified atom stereocenters. The summed E-state index contributed by atoms with van der Waals surface area (Å²) in [6.45, 7) is 1.49. The first-order valence-corrected chi connectivity index (χ1v) is 7.16. The Hall–Kier alpha value is -0.620. The van der Waals surface area contributed by atoms with Gasteiger partial charge >= 0.3 is 0 Å². The van der Waals surface area contributed by atoms with Crippen molar-refractivity contribution in [2.24, 2.45) is 0 Å². The van der Waals surface area contributed by atoms with Crippen LogP contribution < -0.4 is 4.72 Å². The molecule has 0 spiro atoms. The van der Waals surface area contributed by atoms with Crippen LogP contribution in [0.15, 0.2) is 23.1 Å². The molecule has 0 heterocycles. The maximum atomic E-state index is 12.1. The second kappa shape index (κ2) is 4.24. The van der Waals surface area contributed by atoms with E-state index in [0.717, 1.165) is 0 Å². The molecule has 0 atom stereocenters. The molecule has 94 valence electrons. The number of aliphatic hydroxyl groups excluding tert-OH is 1. The third-order valence-electron chi connectivity index (χ3n) is 3.01. The zero-order valence-electron chi connectivity index (χ0n) is 9.40. The van der Waals surface area contributed by atoms with E-state index in [1.54, 1.807) is 19.1 Å². The first kappa shape index (κ1) is 12.8. The van der Waals surface area contributed by atoms with Crippen LogP contribution in [-0.2, 0) is 10.0 Å². The van der Waals surface area contributed by atoms with Gasteiger partial charge < -0.3 is 5.11 Å². The summed E-state index contributed by atoms with van der Waals surface area (Å²) in [5, 5.41) is 9.56. The van der Waals surface area contributed by atoms with Crippen LogP contribution >= 0.6 is 11.6 Å². The summed E-state index contributed by atoms with van der Waals surface area (Å²) in [5.74, 6) is 0. The van der Waals surface area contributed by atoms with Crippen molar-refractivity contribution in [2.45, 2.75) is 30.2 Å². The first-order chi connectivity index (χ1) is 7.90. The summed E-state index contributed by atoms with van der Waals surface area (Å²) < 4.78 is 26.8. The summed E-state index contributed by atoms with van der Waals surface area (Å²) in [6, 6.07) is 4.76. The van der Waals surface area contributed by atoms with Crippen LogP contribution in [0.4, 0.5) is 0 Å². The average Bonchev–Trinajstić information content (AvgIpc) is 3.01. The van der Waals surface area contributed by atoms with E-state index in [9.17, 15) is 8.42 Å². The van der Waals surface area contributed by atoms with Crippen LogP contribution in [0, 0.1) is 6.92 Å². The molecule has 0 bridgehead atoms. The smallest absolute Gasteiger partial charge is 0.241 e. The highest BCUT2D eigenvalue weighted by Crippen LogP contribution is 2.36. The van der Waals surface area contributed by atoms with E-state index in [1.807, 2.05) is 0 Å². The second-order valence-electron chi connectivity index (χ2n) is 4.41. The Morgan fingerprint density at radius 1 is 1.47 bits per heavy atom. The minimum absolute atomic E-state index is 0.171. The van der Waals surface area contributed by atoms with Crippen molar-refractivity contribution in [2.75, 3.05) is 6.61 Å². The summed E-state index contributed by atoms with van der Waals surface area (Å²) in [7, 11) is -3.62. The molecule has 17 heavy (non-hydrogen) atoms. The van der Waals surface area contributed by atoms with Gasteiger partial charge in [-0.2, -0.15) is 0 Å². The van der Waals surface area contributed by atoms with Gasteiger partial charge in [0.05, 0.1) is 17.0 Å². The van der Waals surface area contributed by atoms with Gasteiger partial charge in [-0.1, -0.05) is 17.7 Å². The van der Waals surface area contributed by atoms with E-state index in [0.29, 0.717) is 23.4 Å². The molecule has 0 saturated heterocycles. The molecule has 4 nitrogen and oxygen atoms in total. The van der Waals surface area contributed by atoms with Gasteiger partial charge in [-0.25, -0.2) is 13.1 Å². The van der Waals surface area contributed by atoms with Gasteiger partial charge in [0, 0.05) is 5.02 Å². The topological polar surface area (TPSA) is 66.4 Å². The van der Waals surface area contributed by atoms with E-state index in [2.05, 4.69) is 4.72 Å². The standard InChI is InChI=1S/C11H14ClNO3S/c1-8-9(12)3-2-4-10(8)17(15,16)13-11(7-14)5-6-11/h2-4,13-14H,5-7H2,1H3. The normalized spacial score (nSPS) is 18.1. The zero-order chi connectivity index (χ0) is 12.7. The Morgan fingerprint density at radius 2 is 2.12 bits per heavy atom. The number of rotatable bonds is 4. The van der Waals surface area contributed by atoms with Crippen molar-refractivity contribution in [1.29, 1.82) is 0 Å². The maximum Gasteiger partial charge on any atom is 0.241 e. The molecule has 1 aliphatic rings. The summed E-state index contributed by atoms with van der Waals surface area (Å²) >= 11 is 5.90. The number of hydrogen-bond acceptors (Lipinski definition) is 3. The van der Waals surface area contributed by atoms with Crippen LogP contribution in [-0.4, -0.2) is 25.7 Å². The van der Waals surface area contributed by atoms with Crippen molar-refractivity contribution in [3.05, 3.63) is 28.8 Å². The minimum atomic E-state index is -3.62. The Labute approximate surface area is 106 Å². The highest BCUT2D eigenvalue weighted by Gasteiger charge is 2.45. The van der Waals surface area contributed by atoms with Gasteiger partial charge in [0.2, 0.25) is 10.0 Å². The molecule has 6 heteroatoms. The molecule has 2 rings (SSSR count). The third kappa shape index (κ3) is 2.47. The second-order valence-corrected chi connectivity index (χ2v) is 6.46. The van der Waals surface area contributed by atoms with Crippen LogP contribution in [0.1, 0.15) is 18.4 Å². The fourth-order valence-corrected chi connectivity index (χ4v) is 3.61. The molecule has 0 aromatic heterocycles. The number of nitrogens with one attached hydrogen (secondary N) is 1. The molecule has 1 saturated carbocycles. The zero-order valence-corrected chi connectivity index (χ0v) is 11.0. The predicted octanol–water partition coefficient (Wildman–Crippen LogP) is 1.45. The third-order valence-corrected chi connectivity index (χ3v) is 5.15. The predicted molar refractivity (Wildman–Crippen MR) is 65.6 cm³/mol. The number of sulfonamides is 1. The van der Waals surface area contributed by atoms with Gasteiger partial charge in [-0.3, -0.25) is 0 Å². The Kier molecular flexibility index (Phi) is 3.20. The SMILES string of the molecule is Cc1c(Cl)cccc1S(=O)(=O)NC1(CO)CC1. The quantitative estimate of drug-likeness (QED) is 0.874. The van der Waals surface area contributed by atoms with Crippen LogP contribution in [0.5, 0.6) is 0 Å². The fraction of sp³-hybridized carbons (Fsp3) is 0.455. The van der Waals surface area contributed by atoms with E-state index in [4.69, 9.17) is 16.7 Å². The monoisotopic (exact) mass is 275 g/mol. The number of benzene rings is 1. The fourth-order valence-electron chi connectivity index (χ4n) is 1.66. The molecular weight excluding hydrogens is 262 g/mol. The van der Waals surface area contributed by atoms with Crippen molar-refractivity contribution in [3.63, 3.8) is 0 Å². The van der Waals surface area contributed by atoms with Crippen LogP contribution in [0.3, 0.4) is 0 Å². The lowest BCUT2D eigenvalue weighted by Crippen LogP contribution is -2.39. The first-order valence-electron chi connectivity index (χ1n) is 5.30. The van der Waals surface area contributed by atoms with Gasteiger partial charge in [-0.15, -0.1) is 0 Å². The van der Waals surface area contributed by atoms with Crippen molar-refractivity contribution in [1.82, 2.24) is 4.72 Å². The van der Waals surface area contributed by atoms with E-state index < -0.39 is 15.6 Å². The number of halogens is 1. The molecular formula is C11H14ClNO3S. The Balaban J connectivity index is 2.35. The lowest BCUT2D eigenvalue weighted by molar-refractivity contribution is 0.246. The van der Waals surface area contributed by atoms with Crippen molar-refractivity contribution < 1.29 is 13.5 Å². The van der Waals surface area contributed by atoms with Crippen LogP contribution in [0.2, 0.25) is 5.02 Å². The van der Waals surface area contributed by atoms with Crippen molar-refractivity contribution in [3.8, 4) is 0 Å². The summed E-state index contributed by atoms with van der Waals surface area (Å²) in [6.07, 6.45) is 1.34. The molecule has 2 N–H and O–H groups in total. The number of aliphatic hydroxyl groups is 1. The van der Waals surface area contributed by atoms with E-state index >= 15 is 0 Å². The lowest BCUT2D eigenvalue weighted by Gasteiger charge is -2.16. The van der Waals surface area contributed by atoms with Gasteiger partial charge in [0.25, 0.3) is 0 Å². The molecule has 0 amide bonds. The Morgan fingerprint density at radius 3 is 2.65 bits per heavy atom. The number of hydrogen-bond donors (Lipinski definition) is 2. The van der Waals surface area contributed by atoms with E-state index in [1.165, 1.54) is 6.07 Å².